The van der Waals surface area contributed by atoms with Crippen molar-refractivity contribution in [2.45, 2.75) is 45.1 Å². The van der Waals surface area contributed by atoms with E-state index in [-0.39, 0.29) is 5.78 Å². The number of Topliss-reactive ketones (excluding diaryl/α,β-unsaturated/α-hetero) is 1. The van der Waals surface area contributed by atoms with Gasteiger partial charge >= 0.3 is 0 Å². The highest BCUT2D eigenvalue weighted by Gasteiger charge is 2.24. The Labute approximate surface area is 116 Å². The largest absolute Gasteiger partial charge is 0.348 e. The minimum atomic E-state index is 0.229. The third-order valence-electron chi connectivity index (χ3n) is 4.64. The lowest BCUT2D eigenvalue weighted by Gasteiger charge is -2.34. The Balaban J connectivity index is 1.86. The van der Waals surface area contributed by atoms with Crippen molar-refractivity contribution < 1.29 is 4.79 Å². The number of aromatic nitrogens is 1. The molecule has 0 unspecified atom stereocenters. The fourth-order valence-electron chi connectivity index (χ4n) is 3.18. The molecular formula is C16H26N2O. The zero-order chi connectivity index (χ0) is 13.8. The van der Waals surface area contributed by atoms with Crippen LogP contribution in [0.25, 0.3) is 0 Å². The highest BCUT2D eigenvalue weighted by atomic mass is 16.1. The van der Waals surface area contributed by atoms with E-state index in [4.69, 9.17) is 0 Å². The zero-order valence-electron chi connectivity index (χ0n) is 12.4. The van der Waals surface area contributed by atoms with Gasteiger partial charge < -0.3 is 4.57 Å². The number of aryl methyl sites for hydroxylation is 1. The molecule has 1 heterocycles. The Bertz CT molecular complexity index is 416. The molecule has 106 valence electrons. The van der Waals surface area contributed by atoms with E-state index in [1.54, 1.807) is 0 Å². The van der Waals surface area contributed by atoms with Crippen LogP contribution >= 0.6 is 0 Å². The van der Waals surface area contributed by atoms with Gasteiger partial charge in [-0.3, -0.25) is 9.69 Å². The van der Waals surface area contributed by atoms with Gasteiger partial charge in [0.25, 0.3) is 0 Å². The van der Waals surface area contributed by atoms with Crippen LogP contribution in [0.15, 0.2) is 18.3 Å². The van der Waals surface area contributed by atoms with Crippen molar-refractivity contribution in [3.05, 3.63) is 24.0 Å². The molecular weight excluding hydrogens is 236 g/mol. The molecule has 0 aromatic carbocycles. The van der Waals surface area contributed by atoms with E-state index in [0.717, 1.165) is 11.6 Å². The smallest absolute Gasteiger partial charge is 0.193 e. The summed E-state index contributed by atoms with van der Waals surface area (Å²) in [6.07, 6.45) is 8.37. The highest BCUT2D eigenvalue weighted by Crippen LogP contribution is 2.28. The van der Waals surface area contributed by atoms with Crippen molar-refractivity contribution in [1.82, 2.24) is 9.47 Å². The Kier molecular flexibility index (Phi) is 4.81. The predicted octanol–water partition coefficient (Wildman–Crippen LogP) is 3.11. The Morgan fingerprint density at radius 3 is 2.58 bits per heavy atom. The van der Waals surface area contributed by atoms with Crippen LogP contribution in [0.3, 0.4) is 0 Å². The molecule has 3 nitrogen and oxygen atoms in total. The number of nitrogens with zero attached hydrogens (tertiary/aromatic N) is 2. The average Bonchev–Trinajstić information content (AvgIpc) is 2.85. The van der Waals surface area contributed by atoms with Gasteiger partial charge in [-0.2, -0.15) is 0 Å². The lowest BCUT2D eigenvalue weighted by atomic mass is 9.84. The van der Waals surface area contributed by atoms with E-state index in [0.29, 0.717) is 12.6 Å². The van der Waals surface area contributed by atoms with Gasteiger partial charge in [0.2, 0.25) is 0 Å². The van der Waals surface area contributed by atoms with Gasteiger partial charge in [0, 0.05) is 19.3 Å². The number of likely N-dealkylation sites (N-methyl/N-ethyl adjacent to an activating group) is 1. The molecule has 1 fully saturated rings. The molecule has 0 spiro atoms. The van der Waals surface area contributed by atoms with Gasteiger partial charge in [0.05, 0.1) is 12.2 Å². The first-order valence-electron chi connectivity index (χ1n) is 7.46. The van der Waals surface area contributed by atoms with Crippen LogP contribution in [0, 0.1) is 5.92 Å². The summed E-state index contributed by atoms with van der Waals surface area (Å²) in [7, 11) is 4.03. The highest BCUT2D eigenvalue weighted by molar-refractivity contribution is 5.96. The summed E-state index contributed by atoms with van der Waals surface area (Å²) in [5, 5.41) is 0. The first-order chi connectivity index (χ1) is 9.11. The summed E-state index contributed by atoms with van der Waals surface area (Å²) >= 11 is 0. The number of ketones is 1. The van der Waals surface area contributed by atoms with Gasteiger partial charge in [-0.05, 0) is 50.8 Å². The first kappa shape index (κ1) is 14.3. The van der Waals surface area contributed by atoms with Crippen LogP contribution in [0.2, 0.25) is 0 Å². The topological polar surface area (TPSA) is 25.2 Å². The normalized spacial score (nSPS) is 23.8. The van der Waals surface area contributed by atoms with E-state index < -0.39 is 0 Å². The maximum Gasteiger partial charge on any atom is 0.193 e. The van der Waals surface area contributed by atoms with Crippen molar-refractivity contribution in [3.8, 4) is 0 Å². The maximum atomic E-state index is 12.2. The van der Waals surface area contributed by atoms with Crippen molar-refractivity contribution in [2.75, 3.05) is 13.6 Å². The van der Waals surface area contributed by atoms with Crippen LogP contribution in [-0.4, -0.2) is 34.9 Å². The van der Waals surface area contributed by atoms with E-state index in [1.165, 1.54) is 32.1 Å². The second-order valence-corrected chi connectivity index (χ2v) is 5.93. The van der Waals surface area contributed by atoms with Gasteiger partial charge in [-0.1, -0.05) is 13.3 Å². The van der Waals surface area contributed by atoms with Crippen molar-refractivity contribution in [1.29, 1.82) is 0 Å². The fourth-order valence-corrected chi connectivity index (χ4v) is 3.18. The summed E-state index contributed by atoms with van der Waals surface area (Å²) in [5.41, 5.74) is 0.814. The monoisotopic (exact) mass is 262 g/mol. The van der Waals surface area contributed by atoms with Gasteiger partial charge in [0.15, 0.2) is 5.78 Å². The minimum absolute atomic E-state index is 0.229. The SMILES string of the molecule is CCC1CCC(N(C)CC(=O)c2cccn2C)CC1. The van der Waals surface area contributed by atoms with Gasteiger partial charge in [-0.15, -0.1) is 0 Å². The quantitative estimate of drug-likeness (QED) is 0.762. The molecule has 1 aromatic rings. The van der Waals surface area contributed by atoms with Crippen LogP contribution in [0.1, 0.15) is 49.5 Å². The average molecular weight is 262 g/mol. The van der Waals surface area contributed by atoms with Crippen LogP contribution < -0.4 is 0 Å². The molecule has 2 rings (SSSR count). The predicted molar refractivity (Wildman–Crippen MR) is 78.4 cm³/mol. The summed E-state index contributed by atoms with van der Waals surface area (Å²) in [6.45, 7) is 2.83. The fraction of sp³-hybridized carbons (Fsp3) is 0.688. The number of hydrogen-bond donors (Lipinski definition) is 0. The molecule has 0 saturated heterocycles. The Morgan fingerprint density at radius 1 is 1.37 bits per heavy atom. The molecule has 0 atom stereocenters. The number of carbonyl (C=O) groups excluding carboxylic acids is 1. The maximum absolute atomic E-state index is 12.2. The van der Waals surface area contributed by atoms with Crippen molar-refractivity contribution in [3.63, 3.8) is 0 Å². The molecule has 0 bridgehead atoms. The molecule has 3 heteroatoms. The van der Waals surface area contributed by atoms with Crippen molar-refractivity contribution in [2.24, 2.45) is 13.0 Å². The van der Waals surface area contributed by atoms with E-state index in [9.17, 15) is 4.79 Å². The lowest BCUT2D eigenvalue weighted by Crippen LogP contribution is -2.38. The second kappa shape index (κ2) is 6.38. The number of rotatable bonds is 5. The molecule has 1 saturated carbocycles. The molecule has 0 amide bonds. The number of carbonyl (C=O) groups is 1. The first-order valence-corrected chi connectivity index (χ1v) is 7.46. The zero-order valence-corrected chi connectivity index (χ0v) is 12.4. The van der Waals surface area contributed by atoms with Gasteiger partial charge in [0.1, 0.15) is 0 Å². The third kappa shape index (κ3) is 3.47. The van der Waals surface area contributed by atoms with Crippen LogP contribution in [0.4, 0.5) is 0 Å². The molecule has 0 radical (unpaired) electrons. The van der Waals surface area contributed by atoms with Crippen molar-refractivity contribution >= 4 is 5.78 Å². The Hall–Kier alpha value is -1.09. The number of hydrogen-bond acceptors (Lipinski definition) is 2. The molecule has 1 aliphatic carbocycles. The minimum Gasteiger partial charge on any atom is -0.348 e. The molecule has 0 N–H and O–H groups in total. The molecule has 1 aromatic heterocycles. The standard InChI is InChI=1S/C16H26N2O/c1-4-13-7-9-14(10-8-13)18(3)12-16(19)15-6-5-11-17(15)2/h5-6,11,13-14H,4,7-10,12H2,1-3H3. The second-order valence-electron chi connectivity index (χ2n) is 5.93. The summed E-state index contributed by atoms with van der Waals surface area (Å²) in [5.74, 6) is 1.14. The molecule has 19 heavy (non-hydrogen) atoms. The summed E-state index contributed by atoms with van der Waals surface area (Å²) in [4.78, 5) is 14.5. The third-order valence-corrected chi connectivity index (χ3v) is 4.64. The lowest BCUT2D eigenvalue weighted by molar-refractivity contribution is 0.0877. The Morgan fingerprint density at radius 2 is 2.05 bits per heavy atom. The van der Waals surface area contributed by atoms with Crippen LogP contribution in [-0.2, 0) is 7.05 Å². The summed E-state index contributed by atoms with van der Waals surface area (Å²) in [6, 6.07) is 4.43. The van der Waals surface area contributed by atoms with Crippen LogP contribution in [0.5, 0.6) is 0 Å². The van der Waals surface area contributed by atoms with Gasteiger partial charge in [-0.25, -0.2) is 0 Å². The molecule has 1 aliphatic rings. The van der Waals surface area contributed by atoms with E-state index in [2.05, 4.69) is 18.9 Å². The summed E-state index contributed by atoms with van der Waals surface area (Å²) < 4.78 is 1.91. The van der Waals surface area contributed by atoms with E-state index >= 15 is 0 Å². The van der Waals surface area contributed by atoms with E-state index in [1.807, 2.05) is 29.9 Å². The molecule has 0 aliphatic heterocycles.